The second-order valence-electron chi connectivity index (χ2n) is 6.95. The summed E-state index contributed by atoms with van der Waals surface area (Å²) in [6.45, 7) is 10.8. The van der Waals surface area contributed by atoms with Crippen molar-refractivity contribution in [2.75, 3.05) is 38.2 Å². The lowest BCUT2D eigenvalue weighted by Crippen LogP contribution is -2.55. The number of hydrogen-bond donors (Lipinski definition) is 2. The van der Waals surface area contributed by atoms with Crippen molar-refractivity contribution in [1.29, 1.82) is 0 Å². The van der Waals surface area contributed by atoms with Gasteiger partial charge in [-0.05, 0) is 45.0 Å². The lowest BCUT2D eigenvalue weighted by molar-refractivity contribution is -0.116. The number of hydrogen-bond acceptors (Lipinski definition) is 4. The molecule has 0 aliphatic carbocycles. The van der Waals surface area contributed by atoms with Gasteiger partial charge in [0.15, 0.2) is 0 Å². The number of nitrogens with zero attached hydrogens (tertiary/aromatic N) is 1. The third-order valence-corrected chi connectivity index (χ3v) is 4.62. The number of morpholine rings is 1. The van der Waals surface area contributed by atoms with E-state index in [0.717, 1.165) is 38.5 Å². The molecule has 0 spiro atoms. The maximum absolute atomic E-state index is 12.1. The zero-order valence-electron chi connectivity index (χ0n) is 14.8. The highest BCUT2D eigenvalue weighted by Gasteiger charge is 2.28. The lowest BCUT2D eigenvalue weighted by atomic mass is 10.0. The smallest absolute Gasteiger partial charge is 0.225 e. The molecule has 1 aromatic rings. The van der Waals surface area contributed by atoms with Crippen molar-refractivity contribution < 1.29 is 9.53 Å². The summed E-state index contributed by atoms with van der Waals surface area (Å²) in [5.74, 6) is 0.00139. The van der Waals surface area contributed by atoms with E-state index in [1.807, 2.05) is 6.92 Å². The van der Waals surface area contributed by atoms with E-state index in [4.69, 9.17) is 16.3 Å². The quantitative estimate of drug-likeness (QED) is 0.791. The third-order valence-electron chi connectivity index (χ3n) is 4.37. The summed E-state index contributed by atoms with van der Waals surface area (Å²) in [5, 5.41) is 7.04. The van der Waals surface area contributed by atoms with E-state index < -0.39 is 0 Å². The predicted octanol–water partition coefficient (Wildman–Crippen LogP) is 2.76. The molecule has 134 valence electrons. The zero-order chi connectivity index (χ0) is 17.6. The standard InChI is InChI=1S/C18H28ClN3O2/c1-14(12-17(23)21-16-6-4-15(19)5-7-16)20-13-18(2,3)22-8-10-24-11-9-22/h4-7,14,20H,8-13H2,1-3H3,(H,21,23)/t14-/m1/s1. The van der Waals surface area contributed by atoms with E-state index in [9.17, 15) is 4.79 Å². The monoisotopic (exact) mass is 353 g/mol. The summed E-state index contributed by atoms with van der Waals surface area (Å²) in [4.78, 5) is 14.6. The molecule has 2 rings (SSSR count). The molecule has 0 aromatic heterocycles. The van der Waals surface area contributed by atoms with Gasteiger partial charge < -0.3 is 15.4 Å². The molecule has 0 radical (unpaired) electrons. The number of anilines is 1. The minimum atomic E-state index is 0.00139. The number of ether oxygens (including phenoxy) is 1. The van der Waals surface area contributed by atoms with Gasteiger partial charge in [0.1, 0.15) is 0 Å². The summed E-state index contributed by atoms with van der Waals surface area (Å²) in [7, 11) is 0. The first-order valence-electron chi connectivity index (χ1n) is 8.48. The topological polar surface area (TPSA) is 53.6 Å². The molecule has 1 heterocycles. The van der Waals surface area contributed by atoms with E-state index in [1.165, 1.54) is 0 Å². The van der Waals surface area contributed by atoms with Gasteiger partial charge in [-0.2, -0.15) is 0 Å². The first-order chi connectivity index (χ1) is 11.4. The highest BCUT2D eigenvalue weighted by Crippen LogP contribution is 2.16. The van der Waals surface area contributed by atoms with Gasteiger partial charge in [-0.1, -0.05) is 11.6 Å². The van der Waals surface area contributed by atoms with Crippen LogP contribution in [0.15, 0.2) is 24.3 Å². The molecule has 1 atom stereocenters. The van der Waals surface area contributed by atoms with E-state index >= 15 is 0 Å². The average molecular weight is 354 g/mol. The number of carbonyl (C=O) groups is 1. The largest absolute Gasteiger partial charge is 0.379 e. The fourth-order valence-electron chi connectivity index (χ4n) is 2.80. The van der Waals surface area contributed by atoms with E-state index in [1.54, 1.807) is 24.3 Å². The molecule has 1 aromatic carbocycles. The number of carbonyl (C=O) groups excluding carboxylic acids is 1. The lowest BCUT2D eigenvalue weighted by Gasteiger charge is -2.41. The predicted molar refractivity (Wildman–Crippen MR) is 98.6 cm³/mol. The average Bonchev–Trinajstić information content (AvgIpc) is 2.56. The van der Waals surface area contributed by atoms with Crippen LogP contribution in [0.4, 0.5) is 5.69 Å². The molecule has 0 unspecified atom stereocenters. The van der Waals surface area contributed by atoms with Crippen LogP contribution in [0.3, 0.4) is 0 Å². The molecular formula is C18H28ClN3O2. The highest BCUT2D eigenvalue weighted by atomic mass is 35.5. The van der Waals surface area contributed by atoms with Crippen molar-refractivity contribution >= 4 is 23.2 Å². The Morgan fingerprint density at radius 3 is 2.54 bits per heavy atom. The van der Waals surface area contributed by atoms with Crippen molar-refractivity contribution in [3.05, 3.63) is 29.3 Å². The van der Waals surface area contributed by atoms with Gasteiger partial charge >= 0.3 is 0 Å². The molecule has 1 amide bonds. The van der Waals surface area contributed by atoms with E-state index in [-0.39, 0.29) is 17.5 Å². The number of halogens is 1. The fraction of sp³-hybridized carbons (Fsp3) is 0.611. The zero-order valence-corrected chi connectivity index (χ0v) is 15.5. The Morgan fingerprint density at radius 1 is 1.29 bits per heavy atom. The summed E-state index contributed by atoms with van der Waals surface area (Å²) in [5.41, 5.74) is 0.815. The van der Waals surface area contributed by atoms with Crippen molar-refractivity contribution in [3.8, 4) is 0 Å². The van der Waals surface area contributed by atoms with Crippen LogP contribution in [-0.2, 0) is 9.53 Å². The molecule has 1 aliphatic rings. The first-order valence-corrected chi connectivity index (χ1v) is 8.86. The van der Waals surface area contributed by atoms with E-state index in [2.05, 4.69) is 29.4 Å². The van der Waals surface area contributed by atoms with Crippen LogP contribution in [0.25, 0.3) is 0 Å². The van der Waals surface area contributed by atoms with Gasteiger partial charge in [0.25, 0.3) is 0 Å². The van der Waals surface area contributed by atoms with Gasteiger partial charge in [-0.25, -0.2) is 0 Å². The van der Waals surface area contributed by atoms with Crippen molar-refractivity contribution in [3.63, 3.8) is 0 Å². The summed E-state index contributed by atoms with van der Waals surface area (Å²) >= 11 is 5.85. The molecule has 1 aliphatic heterocycles. The van der Waals surface area contributed by atoms with Crippen molar-refractivity contribution in [2.45, 2.75) is 38.8 Å². The minimum Gasteiger partial charge on any atom is -0.379 e. The molecule has 24 heavy (non-hydrogen) atoms. The Balaban J connectivity index is 1.74. The number of benzene rings is 1. The van der Waals surface area contributed by atoms with Gasteiger partial charge in [0.05, 0.1) is 13.2 Å². The molecule has 1 saturated heterocycles. The second kappa shape index (κ2) is 8.81. The minimum absolute atomic E-state index is 0.00139. The molecule has 0 bridgehead atoms. The Bertz CT molecular complexity index is 528. The Labute approximate surface area is 149 Å². The molecule has 6 heteroatoms. The SMILES string of the molecule is C[C@H](CC(=O)Nc1ccc(Cl)cc1)NCC(C)(C)N1CCOCC1. The van der Waals surface area contributed by atoms with Crippen LogP contribution in [0.2, 0.25) is 5.02 Å². The van der Waals surface area contributed by atoms with Crippen molar-refractivity contribution in [2.24, 2.45) is 0 Å². The molecule has 0 saturated carbocycles. The summed E-state index contributed by atoms with van der Waals surface area (Å²) < 4.78 is 5.41. The van der Waals surface area contributed by atoms with Crippen molar-refractivity contribution in [1.82, 2.24) is 10.2 Å². The Hall–Kier alpha value is -1.14. The first kappa shape index (κ1) is 19.2. The van der Waals surface area contributed by atoms with Crippen LogP contribution >= 0.6 is 11.6 Å². The Kier molecular flexibility index (Phi) is 7.04. The van der Waals surface area contributed by atoms with Gasteiger partial charge in [0, 0.05) is 48.3 Å². The normalized spacial score (nSPS) is 17.5. The summed E-state index contributed by atoms with van der Waals surface area (Å²) in [6, 6.07) is 7.25. The molecular weight excluding hydrogens is 326 g/mol. The molecule has 5 nitrogen and oxygen atoms in total. The number of nitrogens with one attached hydrogen (secondary N) is 2. The van der Waals surface area contributed by atoms with Gasteiger partial charge in [-0.15, -0.1) is 0 Å². The highest BCUT2D eigenvalue weighted by molar-refractivity contribution is 6.30. The second-order valence-corrected chi connectivity index (χ2v) is 7.39. The third kappa shape index (κ3) is 6.06. The van der Waals surface area contributed by atoms with Gasteiger partial charge in [0.2, 0.25) is 5.91 Å². The number of rotatable bonds is 7. The van der Waals surface area contributed by atoms with E-state index in [0.29, 0.717) is 11.4 Å². The van der Waals surface area contributed by atoms with Crippen LogP contribution in [0.1, 0.15) is 27.2 Å². The van der Waals surface area contributed by atoms with Gasteiger partial charge in [-0.3, -0.25) is 9.69 Å². The maximum atomic E-state index is 12.1. The molecule has 2 N–H and O–H groups in total. The fourth-order valence-corrected chi connectivity index (χ4v) is 2.93. The molecule has 1 fully saturated rings. The Morgan fingerprint density at radius 2 is 1.92 bits per heavy atom. The number of amides is 1. The summed E-state index contributed by atoms with van der Waals surface area (Å²) in [6.07, 6.45) is 0.432. The van der Waals surface area contributed by atoms with Crippen LogP contribution in [0.5, 0.6) is 0 Å². The van der Waals surface area contributed by atoms with Crippen LogP contribution < -0.4 is 10.6 Å². The van der Waals surface area contributed by atoms with Crippen LogP contribution in [-0.4, -0.2) is 55.2 Å². The maximum Gasteiger partial charge on any atom is 0.225 e. The van der Waals surface area contributed by atoms with Crippen LogP contribution in [0, 0.1) is 0 Å².